The Morgan fingerprint density at radius 1 is 1.45 bits per heavy atom. The number of Topliss-reactive ketones (excluding diaryl/α,β-unsaturated/α-hetero) is 1. The van der Waals surface area contributed by atoms with Gasteiger partial charge in [0.25, 0.3) is 5.91 Å². The van der Waals surface area contributed by atoms with Crippen LogP contribution in [0.2, 0.25) is 0 Å². The summed E-state index contributed by atoms with van der Waals surface area (Å²) in [5.74, 6) is -0.853. The number of nitrogens with one attached hydrogen (secondary N) is 1. The molecule has 2 N–H and O–H groups in total. The smallest absolute Gasteiger partial charge is 0.265 e. The Bertz CT molecular complexity index is 198. The predicted molar refractivity (Wildman–Crippen MR) is 39.0 cm³/mol. The number of hydrogen-bond acceptors (Lipinski definition) is 4. The van der Waals surface area contributed by atoms with Gasteiger partial charge in [-0.25, -0.2) is 5.43 Å². The summed E-state index contributed by atoms with van der Waals surface area (Å²) in [6.07, 6.45) is 0. The monoisotopic (exact) mass is 158 g/mol. The molecule has 0 heterocycles. The van der Waals surface area contributed by atoms with Gasteiger partial charge in [0.2, 0.25) is 0 Å². The third-order valence-corrected chi connectivity index (χ3v) is 1.00. The molecule has 0 fully saturated rings. The second-order valence-corrected chi connectivity index (χ2v) is 1.95. The van der Waals surface area contributed by atoms with E-state index in [1.165, 1.54) is 13.8 Å². The van der Waals surface area contributed by atoms with E-state index >= 15 is 0 Å². The Morgan fingerprint density at radius 2 is 2.00 bits per heavy atom. The highest BCUT2D eigenvalue weighted by Crippen LogP contribution is 1.76. The summed E-state index contributed by atoms with van der Waals surface area (Å²) >= 11 is 0. The van der Waals surface area contributed by atoms with E-state index in [1.807, 2.05) is 5.43 Å². The fraction of sp³-hybridized carbons (Fsp3) is 0.500. The molecule has 1 amide bonds. The van der Waals surface area contributed by atoms with Gasteiger partial charge in [0, 0.05) is 6.92 Å². The number of hydrazone groups is 1. The highest BCUT2D eigenvalue weighted by molar-refractivity contribution is 6.38. The molecule has 62 valence electrons. The molecule has 0 saturated carbocycles. The Labute approximate surface area is 64.1 Å². The summed E-state index contributed by atoms with van der Waals surface area (Å²) in [4.78, 5) is 20.9. The number of ketones is 1. The maximum Gasteiger partial charge on any atom is 0.265 e. The first-order valence-electron chi connectivity index (χ1n) is 3.03. The van der Waals surface area contributed by atoms with Gasteiger partial charge in [-0.3, -0.25) is 9.59 Å². The first kappa shape index (κ1) is 9.77. The van der Waals surface area contributed by atoms with E-state index in [2.05, 4.69) is 5.10 Å². The molecule has 0 aliphatic carbocycles. The van der Waals surface area contributed by atoms with E-state index in [1.54, 1.807) is 0 Å². The van der Waals surface area contributed by atoms with Crippen molar-refractivity contribution in [2.75, 3.05) is 6.61 Å². The molecule has 5 heteroatoms. The van der Waals surface area contributed by atoms with Crippen molar-refractivity contribution in [3.8, 4) is 0 Å². The SMILES string of the molecule is CC(=O)C(C)=NNC(=O)CO. The number of carbonyl (C=O) groups excluding carboxylic acids is 2. The minimum atomic E-state index is -0.634. The van der Waals surface area contributed by atoms with Crippen molar-refractivity contribution in [3.05, 3.63) is 0 Å². The summed E-state index contributed by atoms with van der Waals surface area (Å²) in [6, 6.07) is 0. The highest BCUT2D eigenvalue weighted by atomic mass is 16.3. The van der Waals surface area contributed by atoms with Crippen molar-refractivity contribution in [2.24, 2.45) is 5.10 Å². The van der Waals surface area contributed by atoms with Gasteiger partial charge in [-0.15, -0.1) is 0 Å². The molecular weight excluding hydrogens is 148 g/mol. The number of carbonyl (C=O) groups is 2. The minimum Gasteiger partial charge on any atom is -0.386 e. The molecule has 0 aromatic carbocycles. The van der Waals surface area contributed by atoms with Gasteiger partial charge >= 0.3 is 0 Å². The zero-order valence-electron chi connectivity index (χ0n) is 6.42. The standard InChI is InChI=1S/C6H10N2O3/c1-4(5(2)10)7-8-6(11)3-9/h9H,3H2,1-2H3,(H,8,11). The van der Waals surface area contributed by atoms with Crippen LogP contribution < -0.4 is 5.43 Å². The van der Waals surface area contributed by atoms with E-state index in [9.17, 15) is 9.59 Å². The topological polar surface area (TPSA) is 78.8 Å². The molecule has 0 spiro atoms. The quantitative estimate of drug-likeness (QED) is 0.411. The fourth-order valence-electron chi connectivity index (χ4n) is 0.260. The molecule has 0 radical (unpaired) electrons. The van der Waals surface area contributed by atoms with Gasteiger partial charge in [-0.2, -0.15) is 5.10 Å². The van der Waals surface area contributed by atoms with Crippen LogP contribution in [0.3, 0.4) is 0 Å². The number of hydrogen-bond donors (Lipinski definition) is 2. The molecule has 0 aromatic heterocycles. The van der Waals surface area contributed by atoms with Gasteiger partial charge < -0.3 is 5.11 Å². The molecule has 0 rings (SSSR count). The Balaban J connectivity index is 3.92. The zero-order chi connectivity index (χ0) is 8.85. The number of aliphatic hydroxyl groups excluding tert-OH is 1. The molecule has 0 unspecified atom stereocenters. The van der Waals surface area contributed by atoms with E-state index in [4.69, 9.17) is 5.11 Å². The number of nitrogens with zero attached hydrogens (tertiary/aromatic N) is 1. The van der Waals surface area contributed by atoms with Crippen LogP contribution in [0.5, 0.6) is 0 Å². The van der Waals surface area contributed by atoms with Crippen molar-refractivity contribution >= 4 is 17.4 Å². The van der Waals surface area contributed by atoms with E-state index in [-0.39, 0.29) is 11.5 Å². The normalized spacial score (nSPS) is 11.0. The maximum atomic E-state index is 10.5. The molecule has 0 aliphatic heterocycles. The molecule has 0 bridgehead atoms. The molecule has 11 heavy (non-hydrogen) atoms. The van der Waals surface area contributed by atoms with E-state index < -0.39 is 12.5 Å². The lowest BCUT2D eigenvalue weighted by atomic mass is 10.3. The largest absolute Gasteiger partial charge is 0.386 e. The summed E-state index contributed by atoms with van der Waals surface area (Å²) in [5.41, 5.74) is 2.19. The third-order valence-electron chi connectivity index (χ3n) is 1.00. The van der Waals surface area contributed by atoms with Crippen LogP contribution in [-0.4, -0.2) is 29.1 Å². The maximum absolute atomic E-state index is 10.5. The lowest BCUT2D eigenvalue weighted by Crippen LogP contribution is -2.23. The van der Waals surface area contributed by atoms with Crippen LogP contribution in [0, 0.1) is 0 Å². The number of rotatable bonds is 3. The van der Waals surface area contributed by atoms with Crippen LogP contribution in [0.4, 0.5) is 0 Å². The van der Waals surface area contributed by atoms with Crippen molar-refractivity contribution in [1.82, 2.24) is 5.43 Å². The lowest BCUT2D eigenvalue weighted by molar-refractivity contribution is -0.123. The summed E-state index contributed by atoms with van der Waals surface area (Å²) in [5, 5.41) is 11.6. The van der Waals surface area contributed by atoms with Crippen LogP contribution in [0.1, 0.15) is 13.8 Å². The van der Waals surface area contributed by atoms with Crippen LogP contribution in [0.25, 0.3) is 0 Å². The van der Waals surface area contributed by atoms with Gasteiger partial charge in [0.1, 0.15) is 12.3 Å². The number of amides is 1. The molecule has 5 nitrogen and oxygen atoms in total. The van der Waals surface area contributed by atoms with Crippen molar-refractivity contribution in [2.45, 2.75) is 13.8 Å². The second kappa shape index (κ2) is 4.56. The van der Waals surface area contributed by atoms with Gasteiger partial charge in [0.15, 0.2) is 5.78 Å². The van der Waals surface area contributed by atoms with Gasteiger partial charge in [-0.05, 0) is 6.92 Å². The minimum absolute atomic E-state index is 0.201. The lowest BCUT2D eigenvalue weighted by Gasteiger charge is -1.95. The molecular formula is C6H10N2O3. The van der Waals surface area contributed by atoms with E-state index in [0.29, 0.717) is 0 Å². The van der Waals surface area contributed by atoms with Crippen LogP contribution in [0.15, 0.2) is 5.10 Å². The fourth-order valence-corrected chi connectivity index (χ4v) is 0.260. The van der Waals surface area contributed by atoms with Gasteiger partial charge in [-0.1, -0.05) is 0 Å². The second-order valence-electron chi connectivity index (χ2n) is 1.95. The first-order valence-corrected chi connectivity index (χ1v) is 3.03. The van der Waals surface area contributed by atoms with Gasteiger partial charge in [0.05, 0.1) is 0 Å². The average molecular weight is 158 g/mol. The predicted octanol–water partition coefficient (Wildman–Crippen LogP) is -0.940. The van der Waals surface area contributed by atoms with E-state index in [0.717, 1.165) is 0 Å². The molecule has 0 aromatic rings. The Hall–Kier alpha value is -1.23. The summed E-state index contributed by atoms with van der Waals surface area (Å²) in [7, 11) is 0. The number of aliphatic hydroxyl groups is 1. The third kappa shape index (κ3) is 4.21. The average Bonchev–Trinajstić information content (AvgIpc) is 1.99. The van der Waals surface area contributed by atoms with Crippen LogP contribution in [-0.2, 0) is 9.59 Å². The van der Waals surface area contributed by atoms with Crippen molar-refractivity contribution in [3.63, 3.8) is 0 Å². The Kier molecular flexibility index (Phi) is 4.05. The molecule has 0 atom stereocenters. The molecule has 0 saturated heterocycles. The zero-order valence-corrected chi connectivity index (χ0v) is 6.42. The van der Waals surface area contributed by atoms with Crippen molar-refractivity contribution in [1.29, 1.82) is 0 Å². The Morgan fingerprint density at radius 3 is 2.36 bits per heavy atom. The van der Waals surface area contributed by atoms with Crippen LogP contribution >= 0.6 is 0 Å². The van der Waals surface area contributed by atoms with Crippen molar-refractivity contribution < 1.29 is 14.7 Å². The first-order chi connectivity index (χ1) is 5.07. The highest BCUT2D eigenvalue weighted by Gasteiger charge is 1.98. The summed E-state index contributed by atoms with van der Waals surface area (Å²) < 4.78 is 0. The molecule has 0 aliphatic rings. The summed E-state index contributed by atoms with van der Waals surface area (Å²) in [6.45, 7) is 2.18.